The molecular weight excluding hydrogens is 564 g/mol. The van der Waals surface area contributed by atoms with E-state index in [4.69, 9.17) is 18.9 Å². The Morgan fingerprint density at radius 2 is 1.67 bits per heavy atom. The lowest BCUT2D eigenvalue weighted by Crippen LogP contribution is -2.39. The third-order valence-corrected chi connectivity index (χ3v) is 8.12. The summed E-state index contributed by atoms with van der Waals surface area (Å²) in [7, 11) is 3.21. The molecule has 3 aromatic carbocycles. The van der Waals surface area contributed by atoms with Crippen molar-refractivity contribution in [2.45, 2.75) is 40.3 Å². The topological polar surface area (TPSA) is 88.4 Å². The van der Waals surface area contributed by atoms with Crippen LogP contribution in [-0.2, 0) is 16.1 Å². The highest BCUT2D eigenvalue weighted by molar-refractivity contribution is 7.07. The van der Waals surface area contributed by atoms with Gasteiger partial charge in [-0.25, -0.2) is 9.79 Å². The minimum absolute atomic E-state index is 0.211. The van der Waals surface area contributed by atoms with Crippen LogP contribution in [-0.4, -0.2) is 31.4 Å². The van der Waals surface area contributed by atoms with Crippen molar-refractivity contribution in [2.24, 2.45) is 4.99 Å². The highest BCUT2D eigenvalue weighted by atomic mass is 32.1. The number of fused-ring (bicyclic) bond motifs is 1. The lowest BCUT2D eigenvalue weighted by Gasteiger charge is -2.24. The summed E-state index contributed by atoms with van der Waals surface area (Å²) in [4.78, 5) is 32.3. The van der Waals surface area contributed by atoms with Crippen molar-refractivity contribution in [1.29, 1.82) is 0 Å². The molecule has 0 N–H and O–H groups in total. The lowest BCUT2D eigenvalue weighted by molar-refractivity contribution is -0.139. The fraction of sp³-hybridized carbons (Fsp3) is 0.265. The summed E-state index contributed by atoms with van der Waals surface area (Å²) in [5.74, 6) is 1.65. The number of allylic oxidation sites excluding steroid dienone is 1. The zero-order valence-corrected chi connectivity index (χ0v) is 25.9. The minimum atomic E-state index is -0.694. The number of hydrogen-bond acceptors (Lipinski definition) is 8. The number of methoxy groups -OCH3 is 2. The summed E-state index contributed by atoms with van der Waals surface area (Å²) in [5.41, 5.74) is 5.26. The normalized spacial score (nSPS) is 14.7. The Balaban J connectivity index is 1.57. The van der Waals surface area contributed by atoms with Crippen LogP contribution in [0, 0.1) is 13.8 Å². The van der Waals surface area contributed by atoms with E-state index in [0.29, 0.717) is 38.7 Å². The predicted molar refractivity (Wildman–Crippen MR) is 167 cm³/mol. The minimum Gasteiger partial charge on any atom is -0.497 e. The van der Waals surface area contributed by atoms with Gasteiger partial charge in [0.15, 0.2) is 4.80 Å². The first-order valence-electron chi connectivity index (χ1n) is 13.9. The molecule has 222 valence electrons. The molecule has 1 aromatic heterocycles. The molecule has 0 amide bonds. The molecule has 5 rings (SSSR count). The van der Waals surface area contributed by atoms with E-state index in [1.807, 2.05) is 74.5 Å². The molecule has 1 aliphatic heterocycles. The number of carbonyl (C=O) groups is 1. The van der Waals surface area contributed by atoms with Crippen molar-refractivity contribution < 1.29 is 23.7 Å². The molecule has 1 aliphatic rings. The molecule has 0 saturated carbocycles. The summed E-state index contributed by atoms with van der Waals surface area (Å²) in [6, 6.07) is 18.4. The Morgan fingerprint density at radius 1 is 0.953 bits per heavy atom. The van der Waals surface area contributed by atoms with Crippen molar-refractivity contribution in [3.63, 3.8) is 0 Å². The van der Waals surface area contributed by atoms with Crippen molar-refractivity contribution in [2.75, 3.05) is 20.8 Å². The van der Waals surface area contributed by atoms with Crippen LogP contribution in [0.2, 0.25) is 0 Å². The smallest absolute Gasteiger partial charge is 0.338 e. The molecule has 2 heterocycles. The molecule has 0 unspecified atom stereocenters. The van der Waals surface area contributed by atoms with Gasteiger partial charge in [0.1, 0.15) is 23.9 Å². The highest BCUT2D eigenvalue weighted by Gasteiger charge is 2.33. The van der Waals surface area contributed by atoms with E-state index in [0.717, 1.165) is 33.6 Å². The number of rotatable bonds is 9. The van der Waals surface area contributed by atoms with E-state index in [9.17, 15) is 9.59 Å². The first-order valence-corrected chi connectivity index (χ1v) is 14.8. The van der Waals surface area contributed by atoms with Gasteiger partial charge in [-0.15, -0.1) is 0 Å². The summed E-state index contributed by atoms with van der Waals surface area (Å²) < 4.78 is 24.5. The molecule has 0 saturated heterocycles. The van der Waals surface area contributed by atoms with Gasteiger partial charge >= 0.3 is 5.97 Å². The fourth-order valence-corrected chi connectivity index (χ4v) is 6.27. The second-order valence-corrected chi connectivity index (χ2v) is 11.3. The quantitative estimate of drug-likeness (QED) is 0.252. The standard InChI is InChI=1S/C34H34N2O6S/c1-7-41-33(38)30-22(4)35-34-36(31(30)24-9-11-26(39-5)12-10-24)32(37)29(43-34)18-23-8-13-28(40-6)25(17-23)19-42-27-15-20(2)14-21(3)16-27/h8-18,31H,7,19H2,1-6H3/b29-18-/t31-/m1/s1. The molecule has 0 radical (unpaired) electrons. The van der Waals surface area contributed by atoms with Crippen LogP contribution in [0.1, 0.15) is 47.7 Å². The zero-order valence-electron chi connectivity index (χ0n) is 25.1. The summed E-state index contributed by atoms with van der Waals surface area (Å²) in [6.07, 6.45) is 1.83. The number of esters is 1. The molecular formula is C34H34N2O6S. The number of hydrogen-bond donors (Lipinski definition) is 0. The summed E-state index contributed by atoms with van der Waals surface area (Å²) in [5, 5.41) is 0. The van der Waals surface area contributed by atoms with Crippen LogP contribution < -0.4 is 29.1 Å². The SMILES string of the molecule is CCOC(=O)C1=C(C)N=c2s/c(=C\c3ccc(OC)c(COc4cc(C)cc(C)c4)c3)c(=O)n2[C@@H]1c1ccc(OC)cc1. The fourth-order valence-electron chi connectivity index (χ4n) is 5.22. The first-order chi connectivity index (χ1) is 20.7. The predicted octanol–water partition coefficient (Wildman–Crippen LogP) is 5.01. The van der Waals surface area contributed by atoms with Crippen molar-refractivity contribution in [3.05, 3.63) is 119 Å². The van der Waals surface area contributed by atoms with Gasteiger partial charge in [0.05, 0.1) is 42.7 Å². The van der Waals surface area contributed by atoms with E-state index in [1.54, 1.807) is 32.6 Å². The largest absolute Gasteiger partial charge is 0.497 e. The molecule has 0 bridgehead atoms. The van der Waals surface area contributed by atoms with Gasteiger partial charge in [0.25, 0.3) is 5.56 Å². The number of ether oxygens (including phenoxy) is 4. The van der Waals surface area contributed by atoms with Crippen LogP contribution in [0.15, 0.2) is 81.7 Å². The van der Waals surface area contributed by atoms with Gasteiger partial charge in [-0.05, 0) is 92.4 Å². The molecule has 8 nitrogen and oxygen atoms in total. The Kier molecular flexibility index (Phi) is 8.82. The van der Waals surface area contributed by atoms with Crippen LogP contribution in [0.25, 0.3) is 6.08 Å². The van der Waals surface area contributed by atoms with Crippen molar-refractivity contribution in [1.82, 2.24) is 4.57 Å². The van der Waals surface area contributed by atoms with Crippen LogP contribution in [0.5, 0.6) is 17.2 Å². The monoisotopic (exact) mass is 598 g/mol. The van der Waals surface area contributed by atoms with Gasteiger partial charge in [-0.3, -0.25) is 9.36 Å². The maximum Gasteiger partial charge on any atom is 0.338 e. The van der Waals surface area contributed by atoms with E-state index in [2.05, 4.69) is 11.1 Å². The average molecular weight is 599 g/mol. The van der Waals surface area contributed by atoms with Crippen LogP contribution in [0.4, 0.5) is 0 Å². The highest BCUT2D eigenvalue weighted by Crippen LogP contribution is 2.32. The van der Waals surface area contributed by atoms with E-state index < -0.39 is 12.0 Å². The first kappa shape index (κ1) is 29.8. The van der Waals surface area contributed by atoms with Gasteiger partial charge in [-0.1, -0.05) is 35.6 Å². The number of aryl methyl sites for hydroxylation is 2. The number of benzene rings is 3. The molecule has 0 spiro atoms. The molecule has 9 heteroatoms. The zero-order chi connectivity index (χ0) is 30.7. The molecule has 4 aromatic rings. The third kappa shape index (κ3) is 6.27. The van der Waals surface area contributed by atoms with Crippen LogP contribution in [0.3, 0.4) is 0 Å². The number of nitrogens with zero attached hydrogens (tertiary/aromatic N) is 2. The van der Waals surface area contributed by atoms with E-state index in [1.165, 1.54) is 11.3 Å². The molecule has 1 atom stereocenters. The van der Waals surface area contributed by atoms with Gasteiger partial charge in [0.2, 0.25) is 0 Å². The third-order valence-electron chi connectivity index (χ3n) is 7.14. The second kappa shape index (κ2) is 12.7. The van der Waals surface area contributed by atoms with Gasteiger partial charge < -0.3 is 18.9 Å². The molecule has 0 fully saturated rings. The van der Waals surface area contributed by atoms with Crippen molar-refractivity contribution >= 4 is 23.4 Å². The second-order valence-electron chi connectivity index (χ2n) is 10.3. The molecule has 0 aliphatic carbocycles. The Bertz CT molecular complexity index is 1870. The summed E-state index contributed by atoms with van der Waals surface area (Å²) in [6.45, 7) is 8.10. The van der Waals surface area contributed by atoms with E-state index >= 15 is 0 Å². The lowest BCUT2D eigenvalue weighted by atomic mass is 9.96. The van der Waals surface area contributed by atoms with Crippen molar-refractivity contribution in [3.8, 4) is 17.2 Å². The maximum atomic E-state index is 14.0. The molecule has 43 heavy (non-hydrogen) atoms. The number of thiazole rings is 1. The number of aromatic nitrogens is 1. The van der Waals surface area contributed by atoms with Crippen LogP contribution >= 0.6 is 11.3 Å². The Morgan fingerprint density at radius 3 is 2.33 bits per heavy atom. The van der Waals surface area contributed by atoms with E-state index in [-0.39, 0.29) is 12.2 Å². The maximum absolute atomic E-state index is 14.0. The summed E-state index contributed by atoms with van der Waals surface area (Å²) >= 11 is 1.28. The Hall–Kier alpha value is -4.63. The van der Waals surface area contributed by atoms with Gasteiger partial charge in [0, 0.05) is 5.56 Å². The Labute approximate surface area is 254 Å². The average Bonchev–Trinajstić information content (AvgIpc) is 3.28. The van der Waals surface area contributed by atoms with Gasteiger partial charge in [-0.2, -0.15) is 0 Å². The number of carbonyl (C=O) groups excluding carboxylic acids is 1.